The predicted octanol–water partition coefficient (Wildman–Crippen LogP) is 2.24. The third kappa shape index (κ3) is 4.20. The molecule has 1 aliphatic heterocycles. The molecular formula is C21H23N5O4. The largest absolute Gasteiger partial charge is 0.493 e. The number of anilines is 2. The molecule has 1 aromatic carbocycles. The van der Waals surface area contributed by atoms with E-state index in [4.69, 9.17) is 14.2 Å². The number of fused-ring (bicyclic) bond motifs is 1. The van der Waals surface area contributed by atoms with Gasteiger partial charge in [-0.3, -0.25) is 4.79 Å². The van der Waals surface area contributed by atoms with Gasteiger partial charge < -0.3 is 24.4 Å². The van der Waals surface area contributed by atoms with E-state index in [0.717, 1.165) is 24.5 Å². The second-order valence-corrected chi connectivity index (χ2v) is 6.64. The first-order valence-electron chi connectivity index (χ1n) is 9.56. The van der Waals surface area contributed by atoms with Crippen molar-refractivity contribution in [1.29, 1.82) is 0 Å². The highest BCUT2D eigenvalue weighted by molar-refractivity contribution is 6.01. The molecule has 1 aliphatic rings. The van der Waals surface area contributed by atoms with E-state index in [2.05, 4.69) is 20.3 Å². The minimum atomic E-state index is -0.283. The third-order valence-electron chi connectivity index (χ3n) is 4.76. The number of ether oxygens (including phenoxy) is 3. The zero-order valence-electron chi connectivity index (χ0n) is 16.9. The van der Waals surface area contributed by atoms with Crippen molar-refractivity contribution in [3.05, 3.63) is 48.2 Å². The lowest BCUT2D eigenvalue weighted by molar-refractivity contribution is -0.111. The van der Waals surface area contributed by atoms with Gasteiger partial charge in [-0.1, -0.05) is 6.07 Å². The molecular weight excluding hydrogens is 386 g/mol. The summed E-state index contributed by atoms with van der Waals surface area (Å²) >= 11 is 0. The zero-order valence-corrected chi connectivity index (χ0v) is 16.9. The van der Waals surface area contributed by atoms with Crippen LogP contribution in [0.1, 0.15) is 5.56 Å². The lowest BCUT2D eigenvalue weighted by Gasteiger charge is -2.29. The highest BCUT2D eigenvalue weighted by atomic mass is 16.5. The summed E-state index contributed by atoms with van der Waals surface area (Å²) in [4.78, 5) is 19.1. The van der Waals surface area contributed by atoms with Crippen molar-refractivity contribution >= 4 is 29.3 Å². The standard InChI is InChI=1S/C21H23N5O4/c1-28-16-5-3-15(13-17(16)29-2)4-6-20(27)24-18-14-21(25-9-11-30-12-10-25)26-19(23-18)7-8-22-26/h3-8,13-14H,9-12H2,1-2H3,(H,23,24,27)/b6-4+. The topological polar surface area (TPSA) is 90.2 Å². The molecule has 1 saturated heterocycles. The van der Waals surface area contributed by atoms with E-state index < -0.39 is 0 Å². The van der Waals surface area contributed by atoms with Crippen LogP contribution in [0.2, 0.25) is 0 Å². The number of carbonyl (C=O) groups is 1. The number of morpholine rings is 1. The summed E-state index contributed by atoms with van der Waals surface area (Å²) in [6.07, 6.45) is 4.85. The summed E-state index contributed by atoms with van der Waals surface area (Å²) in [7, 11) is 3.15. The molecule has 0 spiro atoms. The summed E-state index contributed by atoms with van der Waals surface area (Å²) in [6, 6.07) is 9.07. The molecule has 3 heterocycles. The molecule has 0 unspecified atom stereocenters. The highest BCUT2D eigenvalue weighted by Crippen LogP contribution is 2.28. The smallest absolute Gasteiger partial charge is 0.249 e. The van der Waals surface area contributed by atoms with Gasteiger partial charge in [-0.05, 0) is 23.8 Å². The average molecular weight is 409 g/mol. The van der Waals surface area contributed by atoms with E-state index >= 15 is 0 Å². The van der Waals surface area contributed by atoms with E-state index in [0.29, 0.717) is 36.2 Å². The number of nitrogens with zero attached hydrogens (tertiary/aromatic N) is 4. The number of amides is 1. The van der Waals surface area contributed by atoms with Crippen LogP contribution >= 0.6 is 0 Å². The maximum absolute atomic E-state index is 12.5. The van der Waals surface area contributed by atoms with Crippen molar-refractivity contribution < 1.29 is 19.0 Å². The van der Waals surface area contributed by atoms with Crippen LogP contribution in [-0.2, 0) is 9.53 Å². The second kappa shape index (κ2) is 8.83. The molecule has 156 valence electrons. The quantitative estimate of drug-likeness (QED) is 0.625. The van der Waals surface area contributed by atoms with Crippen molar-refractivity contribution in [2.45, 2.75) is 0 Å². The van der Waals surface area contributed by atoms with Crippen molar-refractivity contribution in [2.24, 2.45) is 0 Å². The lowest BCUT2D eigenvalue weighted by atomic mass is 10.2. The molecule has 0 radical (unpaired) electrons. The molecule has 0 aliphatic carbocycles. The summed E-state index contributed by atoms with van der Waals surface area (Å²) < 4.78 is 17.7. The number of hydrogen-bond donors (Lipinski definition) is 1. The number of rotatable bonds is 6. The van der Waals surface area contributed by atoms with E-state index in [1.54, 1.807) is 49.2 Å². The Balaban J connectivity index is 1.52. The molecule has 1 N–H and O–H groups in total. The Kier molecular flexibility index (Phi) is 5.80. The molecule has 0 saturated carbocycles. The Morgan fingerprint density at radius 2 is 1.93 bits per heavy atom. The van der Waals surface area contributed by atoms with Gasteiger partial charge in [0.2, 0.25) is 5.91 Å². The molecule has 0 bridgehead atoms. The summed E-state index contributed by atoms with van der Waals surface area (Å²) in [5, 5.41) is 7.18. The molecule has 1 fully saturated rings. The van der Waals surface area contributed by atoms with Crippen molar-refractivity contribution in [3.8, 4) is 11.5 Å². The van der Waals surface area contributed by atoms with Gasteiger partial charge in [0.05, 0.1) is 33.6 Å². The Morgan fingerprint density at radius 3 is 2.70 bits per heavy atom. The Labute approximate surface area is 173 Å². The molecule has 3 aromatic rings. The third-order valence-corrected chi connectivity index (χ3v) is 4.76. The maximum atomic E-state index is 12.5. The van der Waals surface area contributed by atoms with E-state index in [-0.39, 0.29) is 5.91 Å². The minimum Gasteiger partial charge on any atom is -0.493 e. The Hall–Kier alpha value is -3.59. The van der Waals surface area contributed by atoms with Gasteiger partial charge in [-0.2, -0.15) is 9.61 Å². The van der Waals surface area contributed by atoms with E-state index in [1.807, 2.05) is 12.1 Å². The number of hydrogen-bond acceptors (Lipinski definition) is 7. The first-order chi connectivity index (χ1) is 14.7. The van der Waals surface area contributed by atoms with Crippen molar-refractivity contribution in [3.63, 3.8) is 0 Å². The van der Waals surface area contributed by atoms with Gasteiger partial charge in [0.1, 0.15) is 11.6 Å². The molecule has 9 nitrogen and oxygen atoms in total. The molecule has 30 heavy (non-hydrogen) atoms. The first kappa shape index (κ1) is 19.7. The van der Waals surface area contributed by atoms with Gasteiger partial charge in [0.25, 0.3) is 0 Å². The fourth-order valence-corrected chi connectivity index (χ4v) is 3.27. The number of nitrogens with one attached hydrogen (secondary N) is 1. The zero-order chi connectivity index (χ0) is 20.9. The van der Waals surface area contributed by atoms with Gasteiger partial charge in [-0.15, -0.1) is 0 Å². The van der Waals surface area contributed by atoms with Crippen molar-refractivity contribution in [1.82, 2.24) is 14.6 Å². The van der Waals surface area contributed by atoms with Crippen LogP contribution < -0.4 is 19.7 Å². The van der Waals surface area contributed by atoms with Crippen LogP contribution in [0.5, 0.6) is 11.5 Å². The van der Waals surface area contributed by atoms with Gasteiger partial charge in [-0.25, -0.2) is 4.98 Å². The molecule has 9 heteroatoms. The van der Waals surface area contributed by atoms with Crippen LogP contribution in [0.4, 0.5) is 11.6 Å². The van der Waals surface area contributed by atoms with Crippen molar-refractivity contribution in [2.75, 3.05) is 50.7 Å². The fraction of sp³-hybridized carbons (Fsp3) is 0.286. The van der Waals surface area contributed by atoms with Crippen LogP contribution in [-0.4, -0.2) is 61.0 Å². The lowest BCUT2D eigenvalue weighted by Crippen LogP contribution is -2.37. The monoisotopic (exact) mass is 409 g/mol. The molecule has 4 rings (SSSR count). The maximum Gasteiger partial charge on any atom is 0.249 e. The van der Waals surface area contributed by atoms with E-state index in [9.17, 15) is 4.79 Å². The Morgan fingerprint density at radius 1 is 1.13 bits per heavy atom. The molecule has 2 aromatic heterocycles. The van der Waals surface area contributed by atoms with Gasteiger partial charge in [0.15, 0.2) is 17.1 Å². The van der Waals surface area contributed by atoms with E-state index in [1.165, 1.54) is 6.08 Å². The summed E-state index contributed by atoms with van der Waals surface area (Å²) in [6.45, 7) is 2.82. The summed E-state index contributed by atoms with van der Waals surface area (Å²) in [5.41, 5.74) is 1.48. The van der Waals surface area contributed by atoms with Crippen LogP contribution in [0.15, 0.2) is 42.6 Å². The highest BCUT2D eigenvalue weighted by Gasteiger charge is 2.17. The number of benzene rings is 1. The average Bonchev–Trinajstić information content (AvgIpc) is 3.26. The van der Waals surface area contributed by atoms with Crippen LogP contribution in [0, 0.1) is 0 Å². The molecule has 1 amide bonds. The van der Waals surface area contributed by atoms with Gasteiger partial charge >= 0.3 is 0 Å². The normalized spacial score (nSPS) is 14.3. The fourth-order valence-electron chi connectivity index (χ4n) is 3.27. The number of aromatic nitrogens is 3. The Bertz CT molecular complexity index is 1070. The second-order valence-electron chi connectivity index (χ2n) is 6.64. The SMILES string of the molecule is COc1ccc(/C=C/C(=O)Nc2cc(N3CCOCC3)n3nccc3n2)cc1OC. The number of methoxy groups -OCH3 is 2. The minimum absolute atomic E-state index is 0.283. The first-order valence-corrected chi connectivity index (χ1v) is 9.56. The summed E-state index contributed by atoms with van der Waals surface area (Å²) in [5.74, 6) is 2.28. The predicted molar refractivity (Wildman–Crippen MR) is 113 cm³/mol. The van der Waals surface area contributed by atoms with Gasteiger partial charge in [0, 0.05) is 31.3 Å². The molecule has 0 atom stereocenters. The van der Waals surface area contributed by atoms with Crippen LogP contribution in [0.3, 0.4) is 0 Å². The number of carbonyl (C=O) groups excluding carboxylic acids is 1. The van der Waals surface area contributed by atoms with Crippen LogP contribution in [0.25, 0.3) is 11.7 Å².